The third kappa shape index (κ3) is 2.15. The van der Waals surface area contributed by atoms with Crippen LogP contribution >= 0.6 is 23.6 Å². The molecule has 2 heterocycles. The molecule has 0 radical (unpaired) electrons. The van der Waals surface area contributed by atoms with Crippen molar-refractivity contribution in [2.45, 2.75) is 13.5 Å². The molecular weight excluding hydrogens is 274 g/mol. The van der Waals surface area contributed by atoms with Gasteiger partial charge in [-0.25, -0.2) is 4.68 Å². The smallest absolute Gasteiger partial charge is 0.201 e. The van der Waals surface area contributed by atoms with Crippen molar-refractivity contribution < 1.29 is 0 Å². The van der Waals surface area contributed by atoms with Gasteiger partial charge in [0.05, 0.1) is 17.2 Å². The lowest BCUT2D eigenvalue weighted by atomic mass is 10.3. The highest BCUT2D eigenvalue weighted by Gasteiger charge is 2.07. The Bertz CT molecular complexity index is 779. The maximum Gasteiger partial charge on any atom is 0.201 e. The average molecular weight is 287 g/mol. The van der Waals surface area contributed by atoms with Gasteiger partial charge in [0.15, 0.2) is 0 Å². The zero-order chi connectivity index (χ0) is 13.2. The van der Waals surface area contributed by atoms with Crippen LogP contribution < -0.4 is 0 Å². The minimum Gasteiger partial charge on any atom is -0.315 e. The van der Waals surface area contributed by atoms with Gasteiger partial charge in [0.2, 0.25) is 4.77 Å². The van der Waals surface area contributed by atoms with Gasteiger partial charge in [-0.3, -0.25) is 0 Å². The highest BCUT2D eigenvalue weighted by molar-refractivity contribution is 7.71. The van der Waals surface area contributed by atoms with E-state index in [4.69, 9.17) is 12.2 Å². The van der Waals surface area contributed by atoms with Crippen molar-refractivity contribution in [1.29, 1.82) is 0 Å². The van der Waals surface area contributed by atoms with Gasteiger partial charge < -0.3 is 4.57 Å². The molecule has 0 unspecified atom stereocenters. The van der Waals surface area contributed by atoms with Crippen molar-refractivity contribution in [3.8, 4) is 0 Å². The second-order valence-electron chi connectivity index (χ2n) is 4.09. The number of hydrogen-bond acceptors (Lipinski definition) is 3. The molecule has 3 rings (SSSR count). The lowest BCUT2D eigenvalue weighted by Crippen LogP contribution is -1.95. The number of nitrogens with zero attached hydrogens (tertiary/aromatic N) is 3. The van der Waals surface area contributed by atoms with E-state index in [1.807, 2.05) is 46.6 Å². The lowest BCUT2D eigenvalue weighted by Gasteiger charge is -1.96. The maximum atomic E-state index is 5.50. The van der Waals surface area contributed by atoms with Gasteiger partial charge in [-0.05, 0) is 42.7 Å². The molecule has 2 aromatic heterocycles. The molecule has 19 heavy (non-hydrogen) atoms. The number of imidazole rings is 1. The summed E-state index contributed by atoms with van der Waals surface area (Å²) < 4.78 is 4.65. The van der Waals surface area contributed by atoms with Crippen LogP contribution in [-0.4, -0.2) is 15.5 Å². The van der Waals surface area contributed by atoms with Crippen LogP contribution in [0.4, 0.5) is 0 Å². The Labute approximate surface area is 120 Å². The second-order valence-corrected chi connectivity index (χ2v) is 5.43. The third-order valence-electron chi connectivity index (χ3n) is 2.97. The molecule has 3 aromatic rings. The molecule has 0 aliphatic heterocycles. The Balaban J connectivity index is 2.18. The Morgan fingerprint density at radius 3 is 2.68 bits per heavy atom. The first kappa shape index (κ1) is 12.3. The summed E-state index contributed by atoms with van der Waals surface area (Å²) in [5.41, 5.74) is 2.17. The highest BCUT2D eigenvalue weighted by Crippen LogP contribution is 2.18. The number of para-hydroxylation sites is 2. The molecule has 0 aliphatic rings. The van der Waals surface area contributed by atoms with Gasteiger partial charge in [0.25, 0.3) is 0 Å². The van der Waals surface area contributed by atoms with Gasteiger partial charge in [0.1, 0.15) is 0 Å². The van der Waals surface area contributed by atoms with Crippen molar-refractivity contribution in [1.82, 2.24) is 9.24 Å². The zero-order valence-electron chi connectivity index (χ0n) is 10.5. The first-order valence-corrected chi connectivity index (χ1v) is 7.38. The summed E-state index contributed by atoms with van der Waals surface area (Å²) in [6.07, 6.45) is 1.85. The molecule has 5 heteroatoms. The predicted octanol–water partition coefficient (Wildman–Crippen LogP) is 4.14. The largest absolute Gasteiger partial charge is 0.315 e. The van der Waals surface area contributed by atoms with Crippen molar-refractivity contribution in [3.05, 3.63) is 51.4 Å². The van der Waals surface area contributed by atoms with Crippen LogP contribution in [0.3, 0.4) is 0 Å². The van der Waals surface area contributed by atoms with E-state index in [0.29, 0.717) is 0 Å². The highest BCUT2D eigenvalue weighted by atomic mass is 32.1. The molecule has 0 amide bonds. The van der Waals surface area contributed by atoms with Crippen LogP contribution in [-0.2, 0) is 6.54 Å². The lowest BCUT2D eigenvalue weighted by molar-refractivity contribution is 0.734. The number of thiophene rings is 1. The van der Waals surface area contributed by atoms with Crippen molar-refractivity contribution in [2.75, 3.05) is 0 Å². The van der Waals surface area contributed by atoms with Gasteiger partial charge in [-0.2, -0.15) is 5.10 Å². The molecule has 0 saturated heterocycles. The summed E-state index contributed by atoms with van der Waals surface area (Å²) >= 11 is 7.16. The van der Waals surface area contributed by atoms with Crippen LogP contribution in [0, 0.1) is 4.77 Å². The summed E-state index contributed by atoms with van der Waals surface area (Å²) in [4.78, 5) is 1.12. The monoisotopic (exact) mass is 287 g/mol. The molecule has 0 fully saturated rings. The quantitative estimate of drug-likeness (QED) is 0.524. The fourth-order valence-corrected chi connectivity index (χ4v) is 3.04. The molecule has 0 spiro atoms. The number of aryl methyl sites for hydroxylation is 1. The van der Waals surface area contributed by atoms with E-state index >= 15 is 0 Å². The van der Waals surface area contributed by atoms with Crippen molar-refractivity contribution >= 4 is 40.8 Å². The third-order valence-corrected chi connectivity index (χ3v) is 4.17. The maximum absolute atomic E-state index is 5.50. The standard InChI is InChI=1S/C14H13N3S2/c1-2-16-12-7-3-4-8-13(12)17(14(16)18)15-10-11-6-5-9-19-11/h3-10H,2H2,1H3/b15-10+. The predicted molar refractivity (Wildman–Crippen MR) is 83.7 cm³/mol. The first-order chi connectivity index (χ1) is 9.31. The average Bonchev–Trinajstić information content (AvgIpc) is 3.02. The molecular formula is C14H13N3S2. The minimum absolute atomic E-state index is 0.733. The van der Waals surface area contributed by atoms with Gasteiger partial charge in [-0.15, -0.1) is 11.3 Å². The Hall–Kier alpha value is -1.72. The van der Waals surface area contributed by atoms with E-state index in [2.05, 4.69) is 22.7 Å². The second kappa shape index (κ2) is 5.11. The van der Waals surface area contributed by atoms with E-state index in [9.17, 15) is 0 Å². The molecule has 0 bridgehead atoms. The molecule has 96 valence electrons. The fraction of sp³-hybridized carbons (Fsp3) is 0.143. The van der Waals surface area contributed by atoms with Gasteiger partial charge in [0, 0.05) is 11.4 Å². The normalized spacial score (nSPS) is 11.6. The summed E-state index contributed by atoms with van der Waals surface area (Å²) in [5.74, 6) is 0. The van der Waals surface area contributed by atoms with E-state index in [1.165, 1.54) is 0 Å². The topological polar surface area (TPSA) is 22.2 Å². The summed E-state index contributed by atoms with van der Waals surface area (Å²) in [6.45, 7) is 2.94. The SMILES string of the molecule is CCn1c(=S)n(/N=C/c2cccs2)c2ccccc21. The zero-order valence-corrected chi connectivity index (χ0v) is 12.1. The van der Waals surface area contributed by atoms with Crippen LogP contribution in [0.25, 0.3) is 11.0 Å². The van der Waals surface area contributed by atoms with Gasteiger partial charge in [-0.1, -0.05) is 18.2 Å². The summed E-state index contributed by atoms with van der Waals surface area (Å²) in [5, 5.41) is 6.56. The summed E-state index contributed by atoms with van der Waals surface area (Å²) in [6, 6.07) is 12.2. The van der Waals surface area contributed by atoms with Crippen LogP contribution in [0.5, 0.6) is 0 Å². The minimum atomic E-state index is 0.733. The number of fused-ring (bicyclic) bond motifs is 1. The van der Waals surface area contributed by atoms with Crippen molar-refractivity contribution in [3.63, 3.8) is 0 Å². The number of hydrogen-bond donors (Lipinski definition) is 0. The molecule has 3 nitrogen and oxygen atoms in total. The molecule has 0 N–H and O–H groups in total. The Kier molecular flexibility index (Phi) is 3.31. The Morgan fingerprint density at radius 1 is 1.21 bits per heavy atom. The van der Waals surface area contributed by atoms with Crippen LogP contribution in [0.1, 0.15) is 11.8 Å². The van der Waals surface area contributed by atoms with E-state index in [1.54, 1.807) is 11.3 Å². The summed E-state index contributed by atoms with van der Waals surface area (Å²) in [7, 11) is 0. The molecule has 0 atom stereocenters. The van der Waals surface area contributed by atoms with Gasteiger partial charge >= 0.3 is 0 Å². The van der Waals surface area contributed by atoms with E-state index in [0.717, 1.165) is 27.2 Å². The molecule has 0 aliphatic carbocycles. The number of benzene rings is 1. The molecule has 1 aromatic carbocycles. The first-order valence-electron chi connectivity index (χ1n) is 6.09. The van der Waals surface area contributed by atoms with Crippen LogP contribution in [0.2, 0.25) is 0 Å². The van der Waals surface area contributed by atoms with Crippen LogP contribution in [0.15, 0.2) is 46.9 Å². The fourth-order valence-electron chi connectivity index (χ4n) is 2.09. The van der Waals surface area contributed by atoms with E-state index in [-0.39, 0.29) is 0 Å². The molecule has 0 saturated carbocycles. The Morgan fingerprint density at radius 2 is 2.00 bits per heavy atom. The number of rotatable bonds is 3. The van der Waals surface area contributed by atoms with E-state index < -0.39 is 0 Å². The number of aromatic nitrogens is 2. The van der Waals surface area contributed by atoms with Crippen molar-refractivity contribution in [2.24, 2.45) is 5.10 Å².